The average molecular weight is 281 g/mol. The molecule has 2 atom stereocenters. The third-order valence-corrected chi connectivity index (χ3v) is 4.40. The smallest absolute Gasteiger partial charge is 0.234 e. The lowest BCUT2D eigenvalue weighted by Gasteiger charge is -2.10. The second kappa shape index (κ2) is 5.15. The summed E-state index contributed by atoms with van der Waals surface area (Å²) in [5.74, 6) is 1.78. The zero-order valence-corrected chi connectivity index (χ0v) is 12.1. The van der Waals surface area contributed by atoms with Crippen molar-refractivity contribution in [1.82, 2.24) is 19.8 Å². The molecule has 1 saturated heterocycles. The van der Waals surface area contributed by atoms with Gasteiger partial charge >= 0.3 is 0 Å². The number of ether oxygens (including phenoxy) is 1. The maximum atomic E-state index is 6.18. The lowest BCUT2D eigenvalue weighted by molar-refractivity contribution is 0.193. The van der Waals surface area contributed by atoms with Crippen LogP contribution in [-0.2, 0) is 4.74 Å². The van der Waals surface area contributed by atoms with Crippen LogP contribution >= 0.6 is 11.3 Å². The summed E-state index contributed by atoms with van der Waals surface area (Å²) in [7, 11) is 0. The zero-order chi connectivity index (χ0) is 13.4. The first-order chi connectivity index (χ1) is 9.15. The molecule has 0 aliphatic carbocycles. The number of aromatic nitrogens is 4. The standard InChI is InChI=1S/C12H19N5OS/c1-7(2)5-9(13)11-16-17-10(8-3-4-18-6-8)14-15-12(17)19-11/h7-9H,3-6,13H2,1-2H3. The maximum Gasteiger partial charge on any atom is 0.234 e. The lowest BCUT2D eigenvalue weighted by atomic mass is 10.1. The Morgan fingerprint density at radius 2 is 2.32 bits per heavy atom. The zero-order valence-electron chi connectivity index (χ0n) is 11.2. The first-order valence-corrected chi connectivity index (χ1v) is 7.52. The van der Waals surface area contributed by atoms with E-state index in [0.29, 0.717) is 18.4 Å². The van der Waals surface area contributed by atoms with Crippen molar-refractivity contribution in [3.63, 3.8) is 0 Å². The SMILES string of the molecule is CC(C)CC(N)c1nn2c(C3CCOC3)nnc2s1. The first-order valence-electron chi connectivity index (χ1n) is 6.70. The molecule has 0 radical (unpaired) electrons. The minimum absolute atomic E-state index is 0.0145. The highest BCUT2D eigenvalue weighted by atomic mass is 32.1. The van der Waals surface area contributed by atoms with Gasteiger partial charge in [0.2, 0.25) is 4.96 Å². The molecule has 3 rings (SSSR count). The average Bonchev–Trinajstić information content (AvgIpc) is 3.03. The van der Waals surface area contributed by atoms with Crippen LogP contribution in [0.3, 0.4) is 0 Å². The van der Waals surface area contributed by atoms with Crippen LogP contribution in [-0.4, -0.2) is 33.0 Å². The van der Waals surface area contributed by atoms with E-state index in [1.165, 1.54) is 11.3 Å². The van der Waals surface area contributed by atoms with Crippen LogP contribution in [0, 0.1) is 5.92 Å². The Morgan fingerprint density at radius 3 is 3.00 bits per heavy atom. The van der Waals surface area contributed by atoms with Crippen molar-refractivity contribution in [2.75, 3.05) is 13.2 Å². The molecule has 6 nitrogen and oxygen atoms in total. The molecular weight excluding hydrogens is 262 g/mol. The lowest BCUT2D eigenvalue weighted by Crippen LogP contribution is -2.13. The largest absolute Gasteiger partial charge is 0.381 e. The van der Waals surface area contributed by atoms with Crippen molar-refractivity contribution in [2.45, 2.75) is 38.6 Å². The molecule has 1 fully saturated rings. The molecule has 0 aromatic carbocycles. The van der Waals surface area contributed by atoms with Gasteiger partial charge in [-0.1, -0.05) is 25.2 Å². The van der Waals surface area contributed by atoms with E-state index >= 15 is 0 Å². The number of nitrogens with zero attached hydrogens (tertiary/aromatic N) is 4. The van der Waals surface area contributed by atoms with Gasteiger partial charge in [0.25, 0.3) is 0 Å². The van der Waals surface area contributed by atoms with Crippen LogP contribution in [0.2, 0.25) is 0 Å². The number of hydrogen-bond acceptors (Lipinski definition) is 6. The van der Waals surface area contributed by atoms with Crippen molar-refractivity contribution < 1.29 is 4.74 Å². The Balaban J connectivity index is 1.88. The highest BCUT2D eigenvalue weighted by Crippen LogP contribution is 2.28. The quantitative estimate of drug-likeness (QED) is 0.923. The van der Waals surface area contributed by atoms with Crippen LogP contribution in [0.1, 0.15) is 49.5 Å². The Hall–Kier alpha value is -1.05. The first kappa shape index (κ1) is 13.0. The van der Waals surface area contributed by atoms with Gasteiger partial charge < -0.3 is 10.5 Å². The highest BCUT2D eigenvalue weighted by molar-refractivity contribution is 7.16. The van der Waals surface area contributed by atoms with Gasteiger partial charge in [0.05, 0.1) is 12.6 Å². The Kier molecular flexibility index (Phi) is 3.51. The van der Waals surface area contributed by atoms with Crippen molar-refractivity contribution in [1.29, 1.82) is 0 Å². The molecule has 0 amide bonds. The Labute approximate surface area is 116 Å². The molecule has 104 valence electrons. The molecule has 19 heavy (non-hydrogen) atoms. The summed E-state index contributed by atoms with van der Waals surface area (Å²) in [5, 5.41) is 14.0. The minimum atomic E-state index is -0.0145. The van der Waals surface area contributed by atoms with E-state index in [9.17, 15) is 0 Å². The van der Waals surface area contributed by atoms with Crippen LogP contribution < -0.4 is 5.73 Å². The fraction of sp³-hybridized carbons (Fsp3) is 0.750. The third-order valence-electron chi connectivity index (χ3n) is 3.37. The van der Waals surface area contributed by atoms with E-state index in [0.717, 1.165) is 35.2 Å². The second-order valence-corrected chi connectivity index (χ2v) is 6.48. The van der Waals surface area contributed by atoms with E-state index in [1.54, 1.807) is 0 Å². The fourth-order valence-corrected chi connectivity index (χ4v) is 3.26. The molecule has 2 unspecified atom stereocenters. The highest BCUT2D eigenvalue weighted by Gasteiger charge is 2.25. The normalized spacial score (nSPS) is 21.6. The van der Waals surface area contributed by atoms with Crippen LogP contribution in [0.25, 0.3) is 4.96 Å². The third kappa shape index (κ3) is 2.50. The van der Waals surface area contributed by atoms with E-state index in [4.69, 9.17) is 10.5 Å². The van der Waals surface area contributed by atoms with Crippen molar-refractivity contribution >= 4 is 16.3 Å². The molecule has 2 aromatic rings. The molecule has 1 aliphatic heterocycles. The Bertz CT molecular complexity index is 557. The monoisotopic (exact) mass is 281 g/mol. The van der Waals surface area contributed by atoms with Crippen LogP contribution in [0.5, 0.6) is 0 Å². The van der Waals surface area contributed by atoms with Gasteiger partial charge in [-0.3, -0.25) is 0 Å². The number of fused-ring (bicyclic) bond motifs is 1. The maximum absolute atomic E-state index is 6.18. The summed E-state index contributed by atoms with van der Waals surface area (Å²) >= 11 is 1.54. The number of hydrogen-bond donors (Lipinski definition) is 1. The summed E-state index contributed by atoms with van der Waals surface area (Å²) in [6, 6.07) is -0.0145. The van der Waals surface area contributed by atoms with Crippen LogP contribution in [0.4, 0.5) is 0 Å². The van der Waals surface area contributed by atoms with Gasteiger partial charge in [-0.25, -0.2) is 0 Å². The van der Waals surface area contributed by atoms with Crippen molar-refractivity contribution in [3.8, 4) is 0 Å². The molecule has 2 aromatic heterocycles. The summed E-state index contributed by atoms with van der Waals surface area (Å²) in [6.07, 6.45) is 1.93. The number of nitrogens with two attached hydrogens (primary N) is 1. The second-order valence-electron chi connectivity index (χ2n) is 5.49. The van der Waals surface area contributed by atoms with Gasteiger partial charge in [0, 0.05) is 12.5 Å². The fourth-order valence-electron chi connectivity index (χ4n) is 2.40. The molecule has 7 heteroatoms. The molecule has 1 aliphatic rings. The predicted molar refractivity (Wildman–Crippen MR) is 73.2 cm³/mol. The molecular formula is C12H19N5OS. The molecule has 3 heterocycles. The van der Waals surface area contributed by atoms with Gasteiger partial charge in [-0.15, -0.1) is 10.2 Å². The van der Waals surface area contributed by atoms with Gasteiger partial charge in [-0.05, 0) is 18.8 Å². The minimum Gasteiger partial charge on any atom is -0.381 e. The molecule has 2 N–H and O–H groups in total. The van der Waals surface area contributed by atoms with Crippen molar-refractivity contribution in [2.24, 2.45) is 11.7 Å². The molecule has 0 bridgehead atoms. The van der Waals surface area contributed by atoms with Gasteiger partial charge in [0.15, 0.2) is 5.82 Å². The Morgan fingerprint density at radius 1 is 1.47 bits per heavy atom. The summed E-state index contributed by atoms with van der Waals surface area (Å²) < 4.78 is 7.25. The van der Waals surface area contributed by atoms with E-state index < -0.39 is 0 Å². The van der Waals surface area contributed by atoms with Crippen LogP contribution in [0.15, 0.2) is 0 Å². The van der Waals surface area contributed by atoms with Gasteiger partial charge in [-0.2, -0.15) is 9.61 Å². The molecule has 0 saturated carbocycles. The summed E-state index contributed by atoms with van der Waals surface area (Å²) in [4.78, 5) is 0.830. The van der Waals surface area contributed by atoms with E-state index in [-0.39, 0.29) is 6.04 Å². The number of rotatable bonds is 4. The van der Waals surface area contributed by atoms with Crippen molar-refractivity contribution in [3.05, 3.63) is 10.8 Å². The molecule has 0 spiro atoms. The summed E-state index contributed by atoms with van der Waals surface area (Å²) in [5.41, 5.74) is 6.18. The van der Waals surface area contributed by atoms with E-state index in [2.05, 4.69) is 29.1 Å². The van der Waals surface area contributed by atoms with Gasteiger partial charge in [0.1, 0.15) is 5.01 Å². The summed E-state index contributed by atoms with van der Waals surface area (Å²) in [6.45, 7) is 5.85. The topological polar surface area (TPSA) is 78.3 Å². The predicted octanol–water partition coefficient (Wildman–Crippen LogP) is 1.74. The van der Waals surface area contributed by atoms with E-state index in [1.807, 2.05) is 4.52 Å².